The molecule has 86 valence electrons. The van der Waals surface area contributed by atoms with Crippen molar-refractivity contribution in [2.75, 3.05) is 13.2 Å². The number of Topliss-reactive ketones (excluding diaryl/α,β-unsaturated/α-hetero) is 1. The van der Waals surface area contributed by atoms with E-state index in [2.05, 4.69) is 13.0 Å². The minimum absolute atomic E-state index is 0.154. The zero-order valence-electron chi connectivity index (χ0n) is 9.90. The molecule has 0 amide bonds. The van der Waals surface area contributed by atoms with Crippen LogP contribution in [-0.2, 0) is 4.74 Å². The lowest BCUT2D eigenvalue weighted by atomic mass is 9.84. The zero-order chi connectivity index (χ0) is 11.5. The molecule has 2 rings (SSSR count). The number of carbonyl (C=O) groups excluding carboxylic acids is 1. The number of carbonyl (C=O) groups is 1. The normalized spacial score (nSPS) is 22.0. The van der Waals surface area contributed by atoms with Gasteiger partial charge in [0.25, 0.3) is 0 Å². The van der Waals surface area contributed by atoms with Crippen LogP contribution in [0.25, 0.3) is 0 Å². The summed E-state index contributed by atoms with van der Waals surface area (Å²) in [5.74, 6) is 1.12. The predicted molar refractivity (Wildman–Crippen MR) is 63.8 cm³/mol. The molecule has 0 spiro atoms. The third-order valence-corrected chi connectivity index (χ3v) is 3.50. The van der Waals surface area contributed by atoms with Gasteiger partial charge in [-0.15, -0.1) is 0 Å². The number of rotatable bonds is 3. The second-order valence-electron chi connectivity index (χ2n) is 4.56. The van der Waals surface area contributed by atoms with Crippen LogP contribution in [0.5, 0.6) is 0 Å². The smallest absolute Gasteiger partial charge is 0.160 e. The first kappa shape index (κ1) is 11.3. The standard InChI is InChI=1S/C14H18O2/c1-10(12-7-8-16-9-12)13-5-3-4-6-14(13)11(2)15/h3-6,10,12H,7-9H2,1-2H3. The van der Waals surface area contributed by atoms with Gasteiger partial charge in [-0.3, -0.25) is 4.79 Å². The molecule has 0 N–H and O–H groups in total. The molecule has 0 radical (unpaired) electrons. The summed E-state index contributed by atoms with van der Waals surface area (Å²) >= 11 is 0. The largest absolute Gasteiger partial charge is 0.381 e. The maximum absolute atomic E-state index is 11.6. The Balaban J connectivity index is 2.27. The van der Waals surface area contributed by atoms with Gasteiger partial charge in [0, 0.05) is 12.2 Å². The van der Waals surface area contributed by atoms with Crippen molar-refractivity contribution in [3.63, 3.8) is 0 Å². The average molecular weight is 218 g/mol. The molecule has 0 aliphatic carbocycles. The summed E-state index contributed by atoms with van der Waals surface area (Å²) in [7, 11) is 0. The molecular weight excluding hydrogens is 200 g/mol. The maximum Gasteiger partial charge on any atom is 0.160 e. The zero-order valence-corrected chi connectivity index (χ0v) is 9.90. The van der Waals surface area contributed by atoms with E-state index in [1.165, 1.54) is 5.56 Å². The van der Waals surface area contributed by atoms with Gasteiger partial charge in [-0.1, -0.05) is 31.2 Å². The van der Waals surface area contributed by atoms with Gasteiger partial charge in [-0.2, -0.15) is 0 Å². The highest BCUT2D eigenvalue weighted by molar-refractivity contribution is 5.95. The lowest BCUT2D eigenvalue weighted by Gasteiger charge is -2.20. The summed E-state index contributed by atoms with van der Waals surface area (Å²) in [6, 6.07) is 7.93. The first-order valence-electron chi connectivity index (χ1n) is 5.87. The van der Waals surface area contributed by atoms with Crippen molar-refractivity contribution in [2.45, 2.75) is 26.2 Å². The molecule has 2 nitrogen and oxygen atoms in total. The fraction of sp³-hybridized carbons (Fsp3) is 0.500. The Bertz CT molecular complexity index is 378. The van der Waals surface area contributed by atoms with Gasteiger partial charge in [0.2, 0.25) is 0 Å². The second-order valence-corrected chi connectivity index (χ2v) is 4.56. The van der Waals surface area contributed by atoms with E-state index in [0.29, 0.717) is 11.8 Å². The molecule has 0 aromatic heterocycles. The Kier molecular flexibility index (Phi) is 3.39. The van der Waals surface area contributed by atoms with E-state index in [4.69, 9.17) is 4.74 Å². The van der Waals surface area contributed by atoms with Crippen molar-refractivity contribution in [1.82, 2.24) is 0 Å². The third-order valence-electron chi connectivity index (χ3n) is 3.50. The van der Waals surface area contributed by atoms with E-state index < -0.39 is 0 Å². The molecule has 16 heavy (non-hydrogen) atoms. The Hall–Kier alpha value is -1.15. The van der Waals surface area contributed by atoms with Crippen molar-refractivity contribution < 1.29 is 9.53 Å². The van der Waals surface area contributed by atoms with Crippen molar-refractivity contribution in [3.8, 4) is 0 Å². The fourth-order valence-electron chi connectivity index (χ4n) is 2.42. The van der Waals surface area contributed by atoms with Crippen molar-refractivity contribution in [3.05, 3.63) is 35.4 Å². The summed E-state index contributed by atoms with van der Waals surface area (Å²) in [5, 5.41) is 0. The monoisotopic (exact) mass is 218 g/mol. The van der Waals surface area contributed by atoms with E-state index in [1.54, 1.807) is 6.92 Å². The van der Waals surface area contributed by atoms with Crippen LogP contribution in [0.1, 0.15) is 42.1 Å². The second kappa shape index (κ2) is 4.79. The highest BCUT2D eigenvalue weighted by atomic mass is 16.5. The molecule has 1 fully saturated rings. The maximum atomic E-state index is 11.6. The van der Waals surface area contributed by atoms with Crippen LogP contribution >= 0.6 is 0 Å². The minimum atomic E-state index is 0.154. The van der Waals surface area contributed by atoms with Crippen LogP contribution in [0, 0.1) is 5.92 Å². The van der Waals surface area contributed by atoms with Gasteiger partial charge < -0.3 is 4.74 Å². The lowest BCUT2D eigenvalue weighted by Crippen LogP contribution is -2.13. The highest BCUT2D eigenvalue weighted by Gasteiger charge is 2.25. The molecule has 2 unspecified atom stereocenters. The van der Waals surface area contributed by atoms with Crippen LogP contribution < -0.4 is 0 Å². The average Bonchev–Trinajstić information content (AvgIpc) is 2.81. The molecule has 1 aromatic rings. The summed E-state index contributed by atoms with van der Waals surface area (Å²) in [6.45, 7) is 5.52. The molecule has 1 aliphatic heterocycles. The summed E-state index contributed by atoms with van der Waals surface area (Å²) in [4.78, 5) is 11.6. The molecule has 2 atom stereocenters. The van der Waals surface area contributed by atoms with E-state index in [-0.39, 0.29) is 5.78 Å². The molecule has 1 heterocycles. The van der Waals surface area contributed by atoms with E-state index in [1.807, 2.05) is 18.2 Å². The molecule has 2 heteroatoms. The first-order chi connectivity index (χ1) is 7.70. The number of ether oxygens (including phenoxy) is 1. The summed E-state index contributed by atoms with van der Waals surface area (Å²) in [5.41, 5.74) is 2.03. The van der Waals surface area contributed by atoms with Crippen molar-refractivity contribution >= 4 is 5.78 Å². The molecule has 1 aromatic carbocycles. The predicted octanol–water partition coefficient (Wildman–Crippen LogP) is 3.03. The number of benzene rings is 1. The number of hydrogen-bond donors (Lipinski definition) is 0. The Morgan fingerprint density at radius 1 is 1.44 bits per heavy atom. The Labute approximate surface area is 96.6 Å². The van der Waals surface area contributed by atoms with Crippen LogP contribution in [0.4, 0.5) is 0 Å². The highest BCUT2D eigenvalue weighted by Crippen LogP contribution is 2.32. The van der Waals surface area contributed by atoms with Gasteiger partial charge in [0.1, 0.15) is 0 Å². The summed E-state index contributed by atoms with van der Waals surface area (Å²) in [6.07, 6.45) is 1.10. The third kappa shape index (κ3) is 2.17. The van der Waals surface area contributed by atoms with Crippen molar-refractivity contribution in [2.24, 2.45) is 5.92 Å². The van der Waals surface area contributed by atoms with E-state index in [9.17, 15) is 4.79 Å². The molecule has 1 saturated heterocycles. The molecule has 0 saturated carbocycles. The number of hydrogen-bond acceptors (Lipinski definition) is 2. The van der Waals surface area contributed by atoms with Gasteiger partial charge in [-0.25, -0.2) is 0 Å². The van der Waals surface area contributed by atoms with Crippen molar-refractivity contribution in [1.29, 1.82) is 0 Å². The lowest BCUT2D eigenvalue weighted by molar-refractivity contribution is 0.101. The Morgan fingerprint density at radius 2 is 2.19 bits per heavy atom. The van der Waals surface area contributed by atoms with Crippen LogP contribution in [0.3, 0.4) is 0 Å². The Morgan fingerprint density at radius 3 is 2.81 bits per heavy atom. The van der Waals surface area contributed by atoms with Crippen LogP contribution in [0.2, 0.25) is 0 Å². The van der Waals surface area contributed by atoms with Gasteiger partial charge in [0.05, 0.1) is 6.61 Å². The number of ketones is 1. The molecule has 0 bridgehead atoms. The topological polar surface area (TPSA) is 26.3 Å². The SMILES string of the molecule is CC(=O)c1ccccc1C(C)C1CCOC1. The summed E-state index contributed by atoms with van der Waals surface area (Å²) < 4.78 is 5.42. The van der Waals surface area contributed by atoms with Crippen LogP contribution in [0.15, 0.2) is 24.3 Å². The van der Waals surface area contributed by atoms with Gasteiger partial charge in [0.15, 0.2) is 5.78 Å². The van der Waals surface area contributed by atoms with Gasteiger partial charge >= 0.3 is 0 Å². The first-order valence-corrected chi connectivity index (χ1v) is 5.87. The molecule has 1 aliphatic rings. The van der Waals surface area contributed by atoms with Gasteiger partial charge in [-0.05, 0) is 30.7 Å². The fourth-order valence-corrected chi connectivity index (χ4v) is 2.42. The van der Waals surface area contributed by atoms with E-state index in [0.717, 1.165) is 25.2 Å². The van der Waals surface area contributed by atoms with Crippen LogP contribution in [-0.4, -0.2) is 19.0 Å². The minimum Gasteiger partial charge on any atom is -0.381 e. The quantitative estimate of drug-likeness (QED) is 0.729. The van der Waals surface area contributed by atoms with E-state index >= 15 is 0 Å². The molecular formula is C14H18O2.